The van der Waals surface area contributed by atoms with Crippen molar-refractivity contribution in [3.05, 3.63) is 23.5 Å². The SMILES string of the molecule is CCn1nccc1/C=C1\C[C@@H]2[C@H]3CC[C@@H]4CCCC[C@]4(C)[C@@H]3CC[C@@]2(C)C1=O. The summed E-state index contributed by atoms with van der Waals surface area (Å²) in [5, 5.41) is 4.39. The van der Waals surface area contributed by atoms with Crippen molar-refractivity contribution in [3.8, 4) is 0 Å². The predicted octanol–water partition coefficient (Wildman–Crippen LogP) is 5.90. The van der Waals surface area contributed by atoms with Gasteiger partial charge in [0.2, 0.25) is 0 Å². The van der Waals surface area contributed by atoms with Crippen molar-refractivity contribution in [2.75, 3.05) is 0 Å². The summed E-state index contributed by atoms with van der Waals surface area (Å²) in [5.41, 5.74) is 2.58. The highest BCUT2D eigenvalue weighted by Gasteiger charge is 2.60. The second-order valence-corrected chi connectivity index (χ2v) is 10.6. The first kappa shape index (κ1) is 18.6. The van der Waals surface area contributed by atoms with Gasteiger partial charge in [-0.25, -0.2) is 0 Å². The highest BCUT2D eigenvalue weighted by molar-refractivity contribution is 6.05. The van der Waals surface area contributed by atoms with E-state index in [2.05, 4.69) is 31.9 Å². The van der Waals surface area contributed by atoms with Gasteiger partial charge in [0.25, 0.3) is 0 Å². The van der Waals surface area contributed by atoms with Crippen LogP contribution in [0.1, 0.15) is 84.3 Å². The zero-order valence-corrected chi connectivity index (χ0v) is 17.9. The van der Waals surface area contributed by atoms with Crippen molar-refractivity contribution in [3.63, 3.8) is 0 Å². The van der Waals surface area contributed by atoms with Gasteiger partial charge in [-0.15, -0.1) is 0 Å². The van der Waals surface area contributed by atoms with Crippen LogP contribution in [0.3, 0.4) is 0 Å². The number of carbonyl (C=O) groups is 1. The summed E-state index contributed by atoms with van der Waals surface area (Å²) in [6.07, 6.45) is 15.9. The summed E-state index contributed by atoms with van der Waals surface area (Å²) >= 11 is 0. The maximum absolute atomic E-state index is 13.5. The summed E-state index contributed by atoms with van der Waals surface area (Å²) in [7, 11) is 0. The van der Waals surface area contributed by atoms with Crippen LogP contribution in [0.15, 0.2) is 17.8 Å². The number of Topliss-reactive ketones (excluding diaryl/α,β-unsaturated/α-hetero) is 1. The zero-order valence-electron chi connectivity index (χ0n) is 17.9. The van der Waals surface area contributed by atoms with Crippen molar-refractivity contribution in [1.82, 2.24) is 9.78 Å². The minimum Gasteiger partial charge on any atom is -0.294 e. The van der Waals surface area contributed by atoms with Crippen LogP contribution in [-0.2, 0) is 11.3 Å². The van der Waals surface area contributed by atoms with Gasteiger partial charge in [-0.05, 0) is 98.7 Å². The minimum absolute atomic E-state index is 0.123. The fourth-order valence-corrected chi connectivity index (χ4v) is 8.00. The van der Waals surface area contributed by atoms with Crippen LogP contribution in [0, 0.1) is 34.5 Å². The number of rotatable bonds is 2. The first-order valence-corrected chi connectivity index (χ1v) is 11.7. The van der Waals surface area contributed by atoms with Crippen LogP contribution in [0.25, 0.3) is 6.08 Å². The van der Waals surface area contributed by atoms with Gasteiger partial charge in [-0.3, -0.25) is 9.48 Å². The molecule has 4 fully saturated rings. The summed E-state index contributed by atoms with van der Waals surface area (Å²) in [5.74, 6) is 3.54. The molecule has 4 aliphatic rings. The van der Waals surface area contributed by atoms with Crippen LogP contribution in [-0.4, -0.2) is 15.6 Å². The van der Waals surface area contributed by atoms with Gasteiger partial charge in [-0.2, -0.15) is 5.10 Å². The number of carbonyl (C=O) groups excluding carboxylic acids is 1. The quantitative estimate of drug-likeness (QED) is 0.599. The molecule has 1 aromatic rings. The molecule has 0 aliphatic heterocycles. The number of fused-ring (bicyclic) bond motifs is 5. The molecule has 4 saturated carbocycles. The molecular weight excluding hydrogens is 344 g/mol. The normalized spacial score (nSPS) is 44.2. The number of nitrogens with zero attached hydrogens (tertiary/aromatic N) is 2. The Morgan fingerprint density at radius 2 is 2.00 bits per heavy atom. The van der Waals surface area contributed by atoms with Crippen LogP contribution in [0.4, 0.5) is 0 Å². The molecule has 28 heavy (non-hydrogen) atoms. The molecule has 152 valence electrons. The lowest BCUT2D eigenvalue weighted by Gasteiger charge is -2.59. The van der Waals surface area contributed by atoms with Crippen molar-refractivity contribution in [2.45, 2.75) is 85.1 Å². The number of hydrogen-bond acceptors (Lipinski definition) is 2. The van der Waals surface area contributed by atoms with E-state index in [0.29, 0.717) is 17.1 Å². The molecule has 0 amide bonds. The lowest BCUT2D eigenvalue weighted by Crippen LogP contribution is -2.52. The largest absolute Gasteiger partial charge is 0.294 e. The van der Waals surface area contributed by atoms with Crippen LogP contribution >= 0.6 is 0 Å². The fraction of sp³-hybridized carbons (Fsp3) is 0.760. The predicted molar refractivity (Wildman–Crippen MR) is 113 cm³/mol. The molecule has 1 heterocycles. The molecule has 4 aliphatic carbocycles. The molecule has 0 spiro atoms. The highest BCUT2D eigenvalue weighted by atomic mass is 16.1. The monoisotopic (exact) mass is 380 g/mol. The van der Waals surface area contributed by atoms with Crippen molar-refractivity contribution in [1.29, 1.82) is 0 Å². The molecule has 0 saturated heterocycles. The average Bonchev–Trinajstić information content (AvgIpc) is 3.24. The van der Waals surface area contributed by atoms with E-state index in [4.69, 9.17) is 0 Å². The molecule has 0 radical (unpaired) electrons. The third-order valence-corrected chi connectivity index (χ3v) is 9.59. The molecule has 0 aromatic carbocycles. The van der Waals surface area contributed by atoms with E-state index < -0.39 is 0 Å². The second-order valence-electron chi connectivity index (χ2n) is 10.6. The molecule has 0 N–H and O–H groups in total. The Kier molecular flexibility index (Phi) is 4.37. The molecule has 3 heteroatoms. The van der Waals surface area contributed by atoms with E-state index in [1.807, 2.05) is 16.9 Å². The average molecular weight is 381 g/mol. The number of aromatic nitrogens is 2. The summed E-state index contributed by atoms with van der Waals surface area (Å²) in [4.78, 5) is 13.5. The molecule has 0 unspecified atom stereocenters. The summed E-state index contributed by atoms with van der Waals surface area (Å²) in [6, 6.07) is 2.05. The molecular formula is C25H36N2O. The van der Waals surface area contributed by atoms with E-state index in [1.165, 1.54) is 44.9 Å². The van der Waals surface area contributed by atoms with Gasteiger partial charge in [0.1, 0.15) is 0 Å². The Morgan fingerprint density at radius 1 is 1.14 bits per heavy atom. The van der Waals surface area contributed by atoms with Crippen LogP contribution in [0.5, 0.6) is 0 Å². The van der Waals surface area contributed by atoms with E-state index in [0.717, 1.165) is 48.4 Å². The van der Waals surface area contributed by atoms with Crippen molar-refractivity contribution >= 4 is 11.9 Å². The number of allylic oxidation sites excluding steroid dienone is 1. The molecule has 1 aromatic heterocycles. The van der Waals surface area contributed by atoms with Gasteiger partial charge >= 0.3 is 0 Å². The summed E-state index contributed by atoms with van der Waals surface area (Å²) in [6.45, 7) is 7.87. The van der Waals surface area contributed by atoms with E-state index in [1.54, 1.807) is 0 Å². The maximum Gasteiger partial charge on any atom is 0.165 e. The summed E-state index contributed by atoms with van der Waals surface area (Å²) < 4.78 is 2.00. The van der Waals surface area contributed by atoms with Gasteiger partial charge in [0.05, 0.1) is 5.69 Å². The Hall–Kier alpha value is -1.38. The Bertz CT molecular complexity index is 807. The fourth-order valence-electron chi connectivity index (χ4n) is 8.00. The van der Waals surface area contributed by atoms with Crippen LogP contribution < -0.4 is 0 Å². The first-order chi connectivity index (χ1) is 13.5. The Balaban J connectivity index is 1.47. The Morgan fingerprint density at radius 3 is 2.82 bits per heavy atom. The molecule has 6 atom stereocenters. The Labute approximate surface area is 170 Å². The van der Waals surface area contributed by atoms with E-state index in [-0.39, 0.29) is 5.41 Å². The van der Waals surface area contributed by atoms with E-state index in [9.17, 15) is 4.79 Å². The molecule has 3 nitrogen and oxygen atoms in total. The number of hydrogen-bond donors (Lipinski definition) is 0. The number of ketones is 1. The molecule has 0 bridgehead atoms. The van der Waals surface area contributed by atoms with Gasteiger partial charge in [0, 0.05) is 18.2 Å². The lowest BCUT2D eigenvalue weighted by atomic mass is 9.45. The van der Waals surface area contributed by atoms with Gasteiger partial charge < -0.3 is 0 Å². The second kappa shape index (κ2) is 6.57. The first-order valence-electron chi connectivity index (χ1n) is 11.7. The van der Waals surface area contributed by atoms with Gasteiger partial charge in [0.15, 0.2) is 5.78 Å². The van der Waals surface area contributed by atoms with Crippen molar-refractivity contribution < 1.29 is 4.79 Å². The smallest absolute Gasteiger partial charge is 0.165 e. The van der Waals surface area contributed by atoms with Crippen molar-refractivity contribution in [2.24, 2.45) is 34.5 Å². The number of aryl methyl sites for hydroxylation is 1. The van der Waals surface area contributed by atoms with Crippen LogP contribution in [0.2, 0.25) is 0 Å². The van der Waals surface area contributed by atoms with E-state index >= 15 is 0 Å². The minimum atomic E-state index is -0.123. The highest BCUT2D eigenvalue weighted by Crippen LogP contribution is 2.66. The maximum atomic E-state index is 13.5. The lowest BCUT2D eigenvalue weighted by molar-refractivity contribution is -0.137. The van der Waals surface area contributed by atoms with Gasteiger partial charge in [-0.1, -0.05) is 26.7 Å². The standard InChI is InChI=1S/C25H36N2O/c1-4-27-19(11-14-26-27)15-17-16-22-20-9-8-18-7-5-6-12-24(18,2)21(20)10-13-25(22,3)23(17)28/h11,14-15,18,20-22H,4-10,12-13,16H2,1-3H3/b17-15+/t18-,20-,21+,22+,24-,25+/m0/s1. The third kappa shape index (κ3) is 2.53. The molecule has 5 rings (SSSR count). The zero-order chi connectivity index (χ0) is 19.5. The third-order valence-electron chi connectivity index (χ3n) is 9.59. The topological polar surface area (TPSA) is 34.9 Å².